The molecule has 0 spiro atoms. The highest BCUT2D eigenvalue weighted by molar-refractivity contribution is 4.79. The first-order valence-electron chi connectivity index (χ1n) is 4.18. The quantitative estimate of drug-likeness (QED) is 0.489. The fourth-order valence-corrected chi connectivity index (χ4v) is 0.939. The molecule has 0 amide bonds. The Bertz CT molecular complexity index is 103. The molecule has 1 atom stereocenters. The van der Waals surface area contributed by atoms with Crippen LogP contribution < -0.4 is 0 Å². The normalized spacial score (nSPS) is 14.8. The van der Waals surface area contributed by atoms with E-state index in [2.05, 4.69) is 0 Å². The van der Waals surface area contributed by atoms with Crippen molar-refractivity contribution in [3.8, 4) is 0 Å². The minimum atomic E-state index is -1.09. The van der Waals surface area contributed by atoms with Gasteiger partial charge in [-0.2, -0.15) is 0 Å². The molecule has 4 nitrogen and oxygen atoms in total. The van der Waals surface area contributed by atoms with Crippen molar-refractivity contribution in [2.75, 3.05) is 19.8 Å². The number of ether oxygens (including phenoxy) is 1. The van der Waals surface area contributed by atoms with Gasteiger partial charge in [0.05, 0.1) is 18.6 Å². The van der Waals surface area contributed by atoms with Gasteiger partial charge in [-0.25, -0.2) is 0 Å². The third-order valence-corrected chi connectivity index (χ3v) is 2.18. The van der Waals surface area contributed by atoms with Crippen molar-refractivity contribution in [2.45, 2.75) is 26.6 Å². The Balaban J connectivity index is 4.24. The Morgan fingerprint density at radius 3 is 2.00 bits per heavy atom. The van der Waals surface area contributed by atoms with Gasteiger partial charge in [-0.15, -0.1) is 0 Å². The zero-order valence-electron chi connectivity index (χ0n) is 7.66. The molecule has 0 aromatic carbocycles. The lowest BCUT2D eigenvalue weighted by molar-refractivity contribution is -0.198. The minimum Gasteiger partial charge on any atom is -0.396 e. The summed E-state index contributed by atoms with van der Waals surface area (Å²) in [4.78, 5) is 0. The van der Waals surface area contributed by atoms with Crippen molar-refractivity contribution in [2.24, 2.45) is 5.41 Å². The average Bonchev–Trinajstić information content (AvgIpc) is 2.09. The lowest BCUT2D eigenvalue weighted by atomic mass is 9.86. The molecule has 0 saturated carbocycles. The van der Waals surface area contributed by atoms with Crippen molar-refractivity contribution in [1.82, 2.24) is 0 Å². The van der Waals surface area contributed by atoms with E-state index in [-0.39, 0.29) is 13.2 Å². The van der Waals surface area contributed by atoms with Crippen molar-refractivity contribution in [1.29, 1.82) is 0 Å². The van der Waals surface area contributed by atoms with Crippen molar-refractivity contribution in [3.05, 3.63) is 0 Å². The topological polar surface area (TPSA) is 69.9 Å². The van der Waals surface area contributed by atoms with Gasteiger partial charge in [-0.3, -0.25) is 0 Å². The van der Waals surface area contributed by atoms with Gasteiger partial charge in [-0.1, -0.05) is 6.92 Å². The third-order valence-electron chi connectivity index (χ3n) is 2.18. The molecule has 0 saturated heterocycles. The van der Waals surface area contributed by atoms with E-state index in [1.165, 1.54) is 0 Å². The summed E-state index contributed by atoms with van der Waals surface area (Å²) < 4.78 is 4.92. The zero-order chi connectivity index (χ0) is 9.61. The average molecular weight is 178 g/mol. The maximum Gasteiger partial charge on any atom is 0.164 e. The van der Waals surface area contributed by atoms with Crippen LogP contribution in [-0.2, 0) is 4.74 Å². The highest BCUT2D eigenvalue weighted by atomic mass is 16.6. The minimum absolute atomic E-state index is 0.277. The molecule has 0 aliphatic rings. The summed E-state index contributed by atoms with van der Waals surface area (Å²) in [6.07, 6.45) is -0.622. The van der Waals surface area contributed by atoms with Crippen molar-refractivity contribution < 1.29 is 20.1 Å². The van der Waals surface area contributed by atoms with Gasteiger partial charge in [0.2, 0.25) is 0 Å². The second-order valence-electron chi connectivity index (χ2n) is 2.84. The lowest BCUT2D eigenvalue weighted by Crippen LogP contribution is -2.43. The molecular formula is C8H18O4. The Labute approximate surface area is 72.8 Å². The second kappa shape index (κ2) is 5.48. The molecule has 0 radical (unpaired) electrons. The molecule has 74 valence electrons. The summed E-state index contributed by atoms with van der Waals surface area (Å²) in [5.74, 6) is 0. The first-order chi connectivity index (χ1) is 5.66. The Hall–Kier alpha value is -0.160. The summed E-state index contributed by atoms with van der Waals surface area (Å²) >= 11 is 0. The van der Waals surface area contributed by atoms with Gasteiger partial charge in [0.25, 0.3) is 0 Å². The molecule has 4 heteroatoms. The van der Waals surface area contributed by atoms with Gasteiger partial charge in [0.15, 0.2) is 6.29 Å². The molecule has 3 N–H and O–H groups in total. The molecule has 0 bridgehead atoms. The molecular weight excluding hydrogens is 160 g/mol. The third kappa shape index (κ3) is 2.42. The van der Waals surface area contributed by atoms with Crippen LogP contribution in [0, 0.1) is 5.41 Å². The largest absolute Gasteiger partial charge is 0.396 e. The van der Waals surface area contributed by atoms with Gasteiger partial charge in [0.1, 0.15) is 0 Å². The van der Waals surface area contributed by atoms with Gasteiger partial charge >= 0.3 is 0 Å². The van der Waals surface area contributed by atoms with Crippen LogP contribution in [0.25, 0.3) is 0 Å². The van der Waals surface area contributed by atoms with E-state index in [1.54, 1.807) is 13.8 Å². The predicted octanol–water partition coefficient (Wildman–Crippen LogP) is -0.278. The fraction of sp³-hybridized carbons (Fsp3) is 1.00. The van der Waals surface area contributed by atoms with Crippen LogP contribution >= 0.6 is 0 Å². The van der Waals surface area contributed by atoms with Gasteiger partial charge in [-0.05, 0) is 13.3 Å². The van der Waals surface area contributed by atoms with Crippen LogP contribution in [0.5, 0.6) is 0 Å². The van der Waals surface area contributed by atoms with Crippen LogP contribution in [0.15, 0.2) is 0 Å². The molecule has 0 aromatic rings. The van der Waals surface area contributed by atoms with Crippen molar-refractivity contribution in [3.63, 3.8) is 0 Å². The van der Waals surface area contributed by atoms with Crippen LogP contribution in [0.4, 0.5) is 0 Å². The zero-order valence-corrected chi connectivity index (χ0v) is 7.66. The number of aliphatic hydroxyl groups is 3. The Kier molecular flexibility index (Phi) is 5.41. The first kappa shape index (κ1) is 11.8. The monoisotopic (exact) mass is 178 g/mol. The maximum absolute atomic E-state index is 9.42. The van der Waals surface area contributed by atoms with E-state index in [0.717, 1.165) is 0 Å². The summed E-state index contributed by atoms with van der Waals surface area (Å²) in [6, 6.07) is 0. The van der Waals surface area contributed by atoms with Crippen LogP contribution in [0.3, 0.4) is 0 Å². The standard InChI is InChI=1S/C8H18O4/c1-3-8(5-9,6-10)7(11)12-4-2/h7,9-11H,3-6H2,1-2H3. The SMILES string of the molecule is CCOC(O)C(CC)(CO)CO. The number of hydrogen-bond donors (Lipinski definition) is 3. The highest BCUT2D eigenvalue weighted by Gasteiger charge is 2.35. The fourth-order valence-electron chi connectivity index (χ4n) is 0.939. The molecule has 1 unspecified atom stereocenters. The Morgan fingerprint density at radius 1 is 1.25 bits per heavy atom. The maximum atomic E-state index is 9.42. The van der Waals surface area contributed by atoms with E-state index in [4.69, 9.17) is 14.9 Å². The summed E-state index contributed by atoms with van der Waals surface area (Å²) in [7, 11) is 0. The Morgan fingerprint density at radius 2 is 1.75 bits per heavy atom. The predicted molar refractivity (Wildman–Crippen MR) is 44.5 cm³/mol. The second-order valence-corrected chi connectivity index (χ2v) is 2.84. The van der Waals surface area contributed by atoms with E-state index in [1.807, 2.05) is 0 Å². The number of aliphatic hydroxyl groups excluding tert-OH is 3. The number of rotatable bonds is 6. The lowest BCUT2D eigenvalue weighted by Gasteiger charge is -2.32. The smallest absolute Gasteiger partial charge is 0.164 e. The number of hydrogen-bond acceptors (Lipinski definition) is 4. The molecule has 0 heterocycles. The van der Waals surface area contributed by atoms with Crippen LogP contribution in [0.1, 0.15) is 20.3 Å². The van der Waals surface area contributed by atoms with E-state index < -0.39 is 11.7 Å². The van der Waals surface area contributed by atoms with Crippen molar-refractivity contribution >= 4 is 0 Å². The van der Waals surface area contributed by atoms with Crippen LogP contribution in [-0.4, -0.2) is 41.4 Å². The molecule has 0 aromatic heterocycles. The van der Waals surface area contributed by atoms with Crippen LogP contribution in [0.2, 0.25) is 0 Å². The molecule has 12 heavy (non-hydrogen) atoms. The summed E-state index contributed by atoms with van der Waals surface area (Å²) in [5.41, 5.74) is -0.921. The van der Waals surface area contributed by atoms with Gasteiger partial charge < -0.3 is 20.1 Å². The first-order valence-corrected chi connectivity index (χ1v) is 4.18. The molecule has 0 aliphatic heterocycles. The van der Waals surface area contributed by atoms with E-state index >= 15 is 0 Å². The highest BCUT2D eigenvalue weighted by Crippen LogP contribution is 2.25. The molecule has 0 aliphatic carbocycles. The molecule has 0 rings (SSSR count). The summed E-state index contributed by atoms with van der Waals surface area (Å²) in [6.45, 7) is 3.35. The van der Waals surface area contributed by atoms with E-state index in [9.17, 15) is 5.11 Å². The van der Waals surface area contributed by atoms with Gasteiger partial charge in [0, 0.05) is 6.61 Å². The van der Waals surface area contributed by atoms with E-state index in [0.29, 0.717) is 13.0 Å². The summed E-state index contributed by atoms with van der Waals surface area (Å²) in [5, 5.41) is 27.4. The molecule has 0 fully saturated rings.